The number of H-pyrrole nitrogens is 1. The highest BCUT2D eigenvalue weighted by molar-refractivity contribution is 7.71. The summed E-state index contributed by atoms with van der Waals surface area (Å²) in [7, 11) is 1.75. The van der Waals surface area contributed by atoms with Crippen LogP contribution in [-0.2, 0) is 24.4 Å². The van der Waals surface area contributed by atoms with E-state index in [1.54, 1.807) is 11.6 Å². The van der Waals surface area contributed by atoms with Crippen molar-refractivity contribution in [3.8, 4) is 0 Å². The van der Waals surface area contributed by atoms with E-state index in [0.29, 0.717) is 23.6 Å². The Morgan fingerprint density at radius 2 is 2.20 bits per heavy atom. The molecule has 0 aliphatic rings. The van der Waals surface area contributed by atoms with Crippen LogP contribution in [0.15, 0.2) is 24.3 Å². The molecule has 1 amide bonds. The molecule has 0 unspecified atom stereocenters. The fraction of sp³-hybridized carbons (Fsp3) is 0.267. The fourth-order valence-corrected chi connectivity index (χ4v) is 2.37. The molecule has 1 aromatic carbocycles. The van der Waals surface area contributed by atoms with Crippen molar-refractivity contribution in [1.29, 1.82) is 0 Å². The predicted octanol–water partition coefficient (Wildman–Crippen LogP) is 3.52. The van der Waals surface area contributed by atoms with Gasteiger partial charge in [0.25, 0.3) is 0 Å². The molecule has 2 rings (SSSR count). The molecule has 1 heterocycles. The molecule has 0 saturated heterocycles. The maximum atomic E-state index is 12.8. The molecule has 0 saturated carbocycles. The van der Waals surface area contributed by atoms with Crippen molar-refractivity contribution in [2.75, 3.05) is 6.54 Å². The topological polar surface area (TPSA) is 62.7 Å². The summed E-state index contributed by atoms with van der Waals surface area (Å²) in [4.78, 5) is 11.7. The van der Waals surface area contributed by atoms with Crippen molar-refractivity contribution in [3.05, 3.63) is 51.0 Å². The van der Waals surface area contributed by atoms with E-state index in [4.69, 9.17) is 23.8 Å². The molecular weight excluding hydrogens is 377 g/mol. The van der Waals surface area contributed by atoms with Gasteiger partial charge in [0.2, 0.25) is 5.91 Å². The molecule has 0 radical (unpaired) electrons. The monoisotopic (exact) mass is 390 g/mol. The molecule has 0 aliphatic carbocycles. The smallest absolute Gasteiger partial charge is 0.352 e. The summed E-state index contributed by atoms with van der Waals surface area (Å²) in [5.74, 6) is 0.252. The van der Waals surface area contributed by atoms with Crippen LogP contribution in [0.4, 0.5) is 13.2 Å². The third-order valence-corrected chi connectivity index (χ3v) is 4.04. The number of rotatable bonds is 5. The molecule has 0 atom stereocenters. The van der Waals surface area contributed by atoms with Crippen molar-refractivity contribution < 1.29 is 18.0 Å². The lowest BCUT2D eigenvalue weighted by Crippen LogP contribution is -2.24. The summed E-state index contributed by atoms with van der Waals surface area (Å²) in [5, 5.41) is 8.87. The predicted molar refractivity (Wildman–Crippen MR) is 90.6 cm³/mol. The summed E-state index contributed by atoms with van der Waals surface area (Å²) in [6.07, 6.45) is -1.64. The van der Waals surface area contributed by atoms with Crippen molar-refractivity contribution >= 4 is 35.8 Å². The molecule has 0 spiro atoms. The van der Waals surface area contributed by atoms with Crippen molar-refractivity contribution in [3.63, 3.8) is 0 Å². The number of aromatic nitrogens is 3. The Bertz CT molecular complexity index is 857. The molecular formula is C15H14ClF3N4OS. The molecule has 2 aromatic rings. The summed E-state index contributed by atoms with van der Waals surface area (Å²) >= 11 is 10.5. The van der Waals surface area contributed by atoms with Crippen LogP contribution < -0.4 is 5.32 Å². The van der Waals surface area contributed by atoms with Crippen LogP contribution >= 0.6 is 23.8 Å². The van der Waals surface area contributed by atoms with E-state index in [0.717, 1.165) is 18.2 Å². The second-order valence-corrected chi connectivity index (χ2v) is 5.91. The van der Waals surface area contributed by atoms with E-state index in [2.05, 4.69) is 15.5 Å². The van der Waals surface area contributed by atoms with E-state index in [-0.39, 0.29) is 10.6 Å². The second-order valence-electron chi connectivity index (χ2n) is 5.12. The maximum absolute atomic E-state index is 12.8. The minimum atomic E-state index is -4.55. The Kier molecular flexibility index (Phi) is 6.02. The third-order valence-electron chi connectivity index (χ3n) is 3.34. The van der Waals surface area contributed by atoms with Gasteiger partial charge in [-0.1, -0.05) is 17.7 Å². The molecule has 25 heavy (non-hydrogen) atoms. The lowest BCUT2D eigenvalue weighted by molar-refractivity contribution is -0.137. The number of benzene rings is 1. The van der Waals surface area contributed by atoms with Gasteiger partial charge in [0.05, 0.1) is 10.6 Å². The van der Waals surface area contributed by atoms with Gasteiger partial charge in [0, 0.05) is 26.1 Å². The minimum absolute atomic E-state index is 0.223. The molecule has 2 N–H and O–H groups in total. The zero-order chi connectivity index (χ0) is 18.6. The first-order chi connectivity index (χ1) is 11.7. The summed E-state index contributed by atoms with van der Waals surface area (Å²) < 4.78 is 40.5. The lowest BCUT2D eigenvalue weighted by Gasteiger charge is -2.09. The van der Waals surface area contributed by atoms with Crippen LogP contribution in [0.3, 0.4) is 0 Å². The van der Waals surface area contributed by atoms with Gasteiger partial charge < -0.3 is 9.88 Å². The molecule has 134 valence electrons. The number of nitrogens with zero attached hydrogens (tertiary/aromatic N) is 2. The number of carbonyl (C=O) groups is 1. The Morgan fingerprint density at radius 3 is 2.80 bits per heavy atom. The lowest BCUT2D eigenvalue weighted by atomic mass is 10.1. The van der Waals surface area contributed by atoms with Gasteiger partial charge in [-0.3, -0.25) is 9.89 Å². The molecule has 0 fully saturated rings. The SMILES string of the molecule is Cn1c(CCNC(=O)/C=C/c2ccc(Cl)c(C(F)(F)F)c2)n[nH]c1=S. The van der Waals surface area contributed by atoms with Crippen LogP contribution in [0, 0.1) is 4.77 Å². The number of aromatic amines is 1. The molecule has 0 aliphatic heterocycles. The first-order valence-corrected chi connectivity index (χ1v) is 7.90. The van der Waals surface area contributed by atoms with Gasteiger partial charge >= 0.3 is 6.18 Å². The van der Waals surface area contributed by atoms with E-state index in [9.17, 15) is 18.0 Å². The summed E-state index contributed by atoms with van der Waals surface area (Å²) in [6.45, 7) is 0.311. The van der Waals surface area contributed by atoms with Gasteiger partial charge in [0.15, 0.2) is 4.77 Å². The van der Waals surface area contributed by atoms with Gasteiger partial charge in [-0.15, -0.1) is 0 Å². The van der Waals surface area contributed by atoms with Crippen LogP contribution in [0.5, 0.6) is 0 Å². The number of nitrogens with one attached hydrogen (secondary N) is 2. The van der Waals surface area contributed by atoms with Gasteiger partial charge in [-0.05, 0) is 36.0 Å². The Labute approximate surface area is 151 Å². The first-order valence-electron chi connectivity index (χ1n) is 7.11. The molecule has 5 nitrogen and oxygen atoms in total. The minimum Gasteiger partial charge on any atom is -0.352 e. The first kappa shape index (κ1) is 19.2. The number of hydrogen-bond donors (Lipinski definition) is 2. The maximum Gasteiger partial charge on any atom is 0.417 e. The molecule has 0 bridgehead atoms. The molecule has 1 aromatic heterocycles. The second kappa shape index (κ2) is 7.83. The van der Waals surface area contributed by atoms with E-state index in [1.807, 2.05) is 0 Å². The number of carbonyl (C=O) groups excluding carboxylic acids is 1. The number of hydrogen-bond acceptors (Lipinski definition) is 3. The highest BCUT2D eigenvalue weighted by Gasteiger charge is 2.33. The number of amides is 1. The number of alkyl halides is 3. The summed E-state index contributed by atoms with van der Waals surface area (Å²) in [5.41, 5.74) is -0.719. The Morgan fingerprint density at radius 1 is 1.48 bits per heavy atom. The average Bonchev–Trinajstić information content (AvgIpc) is 2.85. The van der Waals surface area contributed by atoms with Crippen molar-refractivity contribution in [2.24, 2.45) is 7.05 Å². The van der Waals surface area contributed by atoms with E-state index >= 15 is 0 Å². The normalized spacial score (nSPS) is 11.9. The van der Waals surface area contributed by atoms with Crippen molar-refractivity contribution in [1.82, 2.24) is 20.1 Å². The zero-order valence-electron chi connectivity index (χ0n) is 13.0. The third kappa shape index (κ3) is 5.17. The average molecular weight is 391 g/mol. The quantitative estimate of drug-likeness (QED) is 0.606. The fourth-order valence-electron chi connectivity index (χ4n) is 2.00. The van der Waals surface area contributed by atoms with Gasteiger partial charge in [0.1, 0.15) is 5.82 Å². The standard InChI is InChI=1S/C15H14ClF3N4OS/c1-23-12(21-22-14(23)25)6-7-20-13(24)5-3-9-2-4-11(16)10(8-9)15(17,18)19/h2-5,8H,6-7H2,1H3,(H,20,24)(H,22,25)/b5-3+. The van der Waals surface area contributed by atoms with Crippen molar-refractivity contribution in [2.45, 2.75) is 12.6 Å². The van der Waals surface area contributed by atoms with E-state index in [1.165, 1.54) is 12.1 Å². The Hall–Kier alpha value is -2.13. The highest BCUT2D eigenvalue weighted by atomic mass is 35.5. The Balaban J connectivity index is 1.94. The van der Waals surface area contributed by atoms with Gasteiger partial charge in [-0.25, -0.2) is 0 Å². The van der Waals surface area contributed by atoms with Gasteiger partial charge in [-0.2, -0.15) is 18.3 Å². The highest BCUT2D eigenvalue weighted by Crippen LogP contribution is 2.35. The van der Waals surface area contributed by atoms with Crippen LogP contribution in [0.1, 0.15) is 17.0 Å². The van der Waals surface area contributed by atoms with Crippen LogP contribution in [0.25, 0.3) is 6.08 Å². The van der Waals surface area contributed by atoms with E-state index < -0.39 is 17.6 Å². The summed E-state index contributed by atoms with van der Waals surface area (Å²) in [6, 6.07) is 3.43. The van der Waals surface area contributed by atoms with Crippen LogP contribution in [0.2, 0.25) is 5.02 Å². The largest absolute Gasteiger partial charge is 0.417 e. The number of halogens is 4. The molecule has 10 heteroatoms. The zero-order valence-corrected chi connectivity index (χ0v) is 14.6. The van der Waals surface area contributed by atoms with Crippen LogP contribution in [-0.4, -0.2) is 27.2 Å².